The molecule has 0 spiro atoms. The fourth-order valence-electron chi connectivity index (χ4n) is 1.96. The van der Waals surface area contributed by atoms with Crippen LogP contribution in [0.1, 0.15) is 0 Å². The van der Waals surface area contributed by atoms with Crippen LogP contribution in [-0.2, 0) is 0 Å². The molecule has 0 unspecified atom stereocenters. The number of rotatable bonds is 2. The van der Waals surface area contributed by atoms with Crippen LogP contribution in [-0.4, -0.2) is 14.7 Å². The standard InChI is InChI=1S/C15H12N2O/c18-14-8-4-7-13(11-14)17-10-9-16-15(17)12-5-2-1-3-6-12/h1-11,18H. The molecule has 0 fully saturated rings. The summed E-state index contributed by atoms with van der Waals surface area (Å²) < 4.78 is 1.95. The summed E-state index contributed by atoms with van der Waals surface area (Å²) in [5.41, 5.74) is 1.94. The lowest BCUT2D eigenvalue weighted by molar-refractivity contribution is 0.475. The fraction of sp³-hybridized carbons (Fsp3) is 0. The Labute approximate surface area is 105 Å². The third-order valence-electron chi connectivity index (χ3n) is 2.78. The number of nitrogens with zero attached hydrogens (tertiary/aromatic N) is 2. The molecule has 0 radical (unpaired) electrons. The molecule has 0 aliphatic carbocycles. The molecule has 0 aliphatic rings. The van der Waals surface area contributed by atoms with E-state index in [1.54, 1.807) is 18.3 Å². The maximum atomic E-state index is 9.54. The second kappa shape index (κ2) is 4.37. The number of aromatic nitrogens is 2. The maximum Gasteiger partial charge on any atom is 0.144 e. The van der Waals surface area contributed by atoms with E-state index in [1.807, 2.05) is 53.2 Å². The van der Waals surface area contributed by atoms with Crippen molar-refractivity contribution >= 4 is 0 Å². The first-order valence-corrected chi connectivity index (χ1v) is 5.73. The molecule has 2 aromatic carbocycles. The van der Waals surface area contributed by atoms with E-state index < -0.39 is 0 Å². The van der Waals surface area contributed by atoms with E-state index in [0.29, 0.717) is 0 Å². The molecule has 0 bridgehead atoms. The molecule has 1 heterocycles. The predicted octanol–water partition coefficient (Wildman–Crippen LogP) is 3.24. The first-order valence-electron chi connectivity index (χ1n) is 5.73. The molecule has 88 valence electrons. The van der Waals surface area contributed by atoms with Crippen molar-refractivity contribution in [3.05, 3.63) is 67.0 Å². The van der Waals surface area contributed by atoms with E-state index in [1.165, 1.54) is 0 Å². The Kier molecular flexibility index (Phi) is 2.57. The van der Waals surface area contributed by atoms with Gasteiger partial charge in [0.25, 0.3) is 0 Å². The molecular formula is C15H12N2O. The van der Waals surface area contributed by atoms with Crippen molar-refractivity contribution in [1.29, 1.82) is 0 Å². The molecule has 0 atom stereocenters. The Morgan fingerprint density at radius 3 is 2.56 bits per heavy atom. The van der Waals surface area contributed by atoms with Gasteiger partial charge in [-0.2, -0.15) is 0 Å². The molecule has 0 aliphatic heterocycles. The first-order chi connectivity index (χ1) is 8.84. The highest BCUT2D eigenvalue weighted by atomic mass is 16.3. The zero-order valence-electron chi connectivity index (χ0n) is 9.69. The van der Waals surface area contributed by atoms with Crippen molar-refractivity contribution in [1.82, 2.24) is 9.55 Å². The molecule has 18 heavy (non-hydrogen) atoms. The fourth-order valence-corrected chi connectivity index (χ4v) is 1.96. The summed E-state index contributed by atoms with van der Waals surface area (Å²) in [6.07, 6.45) is 3.64. The van der Waals surface area contributed by atoms with Crippen molar-refractivity contribution in [3.8, 4) is 22.8 Å². The van der Waals surface area contributed by atoms with Crippen LogP contribution >= 0.6 is 0 Å². The lowest BCUT2D eigenvalue weighted by Crippen LogP contribution is -1.95. The van der Waals surface area contributed by atoms with Gasteiger partial charge in [0.15, 0.2) is 0 Å². The van der Waals surface area contributed by atoms with Crippen molar-refractivity contribution in [2.75, 3.05) is 0 Å². The lowest BCUT2D eigenvalue weighted by atomic mass is 10.2. The molecule has 1 aromatic heterocycles. The zero-order chi connectivity index (χ0) is 12.4. The van der Waals surface area contributed by atoms with Crippen molar-refractivity contribution in [3.63, 3.8) is 0 Å². The van der Waals surface area contributed by atoms with Crippen LogP contribution in [0.5, 0.6) is 5.75 Å². The van der Waals surface area contributed by atoms with Crippen LogP contribution in [0.3, 0.4) is 0 Å². The highest BCUT2D eigenvalue weighted by Gasteiger charge is 2.07. The number of hydrogen-bond donors (Lipinski definition) is 1. The third-order valence-corrected chi connectivity index (χ3v) is 2.78. The maximum absolute atomic E-state index is 9.54. The van der Waals surface area contributed by atoms with Crippen molar-refractivity contribution in [2.45, 2.75) is 0 Å². The molecular weight excluding hydrogens is 224 g/mol. The molecule has 0 saturated heterocycles. The summed E-state index contributed by atoms with van der Waals surface area (Å²) in [5.74, 6) is 1.11. The SMILES string of the molecule is Oc1cccc(-n2ccnc2-c2ccccc2)c1. The van der Waals surface area contributed by atoms with Gasteiger partial charge >= 0.3 is 0 Å². The lowest BCUT2D eigenvalue weighted by Gasteiger charge is -2.08. The monoisotopic (exact) mass is 236 g/mol. The average molecular weight is 236 g/mol. The van der Waals surface area contributed by atoms with Crippen LogP contribution in [0.4, 0.5) is 0 Å². The molecule has 0 saturated carbocycles. The minimum absolute atomic E-state index is 0.250. The molecule has 0 amide bonds. The molecule has 1 N–H and O–H groups in total. The summed E-state index contributed by atoms with van der Waals surface area (Å²) in [6, 6.07) is 17.1. The highest BCUT2D eigenvalue weighted by Crippen LogP contribution is 2.22. The highest BCUT2D eigenvalue weighted by molar-refractivity contribution is 5.58. The second-order valence-electron chi connectivity index (χ2n) is 4.01. The molecule has 3 rings (SSSR count). The predicted molar refractivity (Wildman–Crippen MR) is 70.7 cm³/mol. The first kappa shape index (κ1) is 10.6. The Morgan fingerprint density at radius 2 is 1.78 bits per heavy atom. The minimum atomic E-state index is 0.250. The van der Waals surface area contributed by atoms with Gasteiger partial charge in [0.1, 0.15) is 11.6 Å². The quantitative estimate of drug-likeness (QED) is 0.741. The van der Waals surface area contributed by atoms with Gasteiger partial charge in [0.2, 0.25) is 0 Å². The topological polar surface area (TPSA) is 38.0 Å². The summed E-state index contributed by atoms with van der Waals surface area (Å²) in [7, 11) is 0. The normalized spacial score (nSPS) is 10.4. The Morgan fingerprint density at radius 1 is 0.944 bits per heavy atom. The van der Waals surface area contributed by atoms with Gasteiger partial charge in [-0.1, -0.05) is 36.4 Å². The van der Waals surface area contributed by atoms with Gasteiger partial charge in [-0.05, 0) is 12.1 Å². The van der Waals surface area contributed by atoms with Gasteiger partial charge < -0.3 is 5.11 Å². The van der Waals surface area contributed by atoms with Crippen molar-refractivity contribution in [2.24, 2.45) is 0 Å². The number of hydrogen-bond acceptors (Lipinski definition) is 2. The Bertz CT molecular complexity index is 659. The number of phenolic OH excluding ortho intramolecular Hbond substituents is 1. The van der Waals surface area contributed by atoms with E-state index in [4.69, 9.17) is 0 Å². The van der Waals surface area contributed by atoms with Gasteiger partial charge in [0, 0.05) is 24.0 Å². The number of imidazole rings is 1. The average Bonchev–Trinajstić information content (AvgIpc) is 2.89. The number of benzene rings is 2. The second-order valence-corrected chi connectivity index (χ2v) is 4.01. The van der Waals surface area contributed by atoms with Crippen molar-refractivity contribution < 1.29 is 5.11 Å². The van der Waals surface area contributed by atoms with Gasteiger partial charge in [0.05, 0.1) is 5.69 Å². The molecule has 3 aromatic rings. The minimum Gasteiger partial charge on any atom is -0.508 e. The van der Waals surface area contributed by atoms with Gasteiger partial charge in [-0.3, -0.25) is 4.57 Å². The number of aromatic hydroxyl groups is 1. The van der Waals surface area contributed by atoms with Gasteiger partial charge in [-0.15, -0.1) is 0 Å². The van der Waals surface area contributed by atoms with E-state index >= 15 is 0 Å². The van der Waals surface area contributed by atoms with E-state index in [2.05, 4.69) is 4.98 Å². The number of phenols is 1. The smallest absolute Gasteiger partial charge is 0.144 e. The van der Waals surface area contributed by atoms with E-state index in [0.717, 1.165) is 17.1 Å². The zero-order valence-corrected chi connectivity index (χ0v) is 9.69. The van der Waals surface area contributed by atoms with Gasteiger partial charge in [-0.25, -0.2) is 4.98 Å². The van der Waals surface area contributed by atoms with Crippen LogP contribution in [0, 0.1) is 0 Å². The van der Waals surface area contributed by atoms with Crippen LogP contribution in [0.25, 0.3) is 17.1 Å². The summed E-state index contributed by atoms with van der Waals surface area (Å²) >= 11 is 0. The third kappa shape index (κ3) is 1.86. The molecule has 3 heteroatoms. The summed E-state index contributed by atoms with van der Waals surface area (Å²) in [5, 5.41) is 9.54. The summed E-state index contributed by atoms with van der Waals surface area (Å²) in [6.45, 7) is 0. The Hall–Kier alpha value is -2.55. The largest absolute Gasteiger partial charge is 0.508 e. The Balaban J connectivity index is 2.13. The summed E-state index contributed by atoms with van der Waals surface area (Å²) in [4.78, 5) is 4.37. The van der Waals surface area contributed by atoms with Crippen LogP contribution in [0.15, 0.2) is 67.0 Å². The van der Waals surface area contributed by atoms with Crippen LogP contribution in [0.2, 0.25) is 0 Å². The van der Waals surface area contributed by atoms with E-state index in [-0.39, 0.29) is 5.75 Å². The van der Waals surface area contributed by atoms with E-state index in [9.17, 15) is 5.11 Å². The molecule has 3 nitrogen and oxygen atoms in total. The van der Waals surface area contributed by atoms with Crippen LogP contribution < -0.4 is 0 Å².